The van der Waals surface area contributed by atoms with E-state index in [4.69, 9.17) is 23.7 Å². The highest BCUT2D eigenvalue weighted by Crippen LogP contribution is 2.26. The molecular weight excluding hydrogens is 244 g/mol. The van der Waals surface area contributed by atoms with Crippen LogP contribution < -0.4 is 0 Å². The predicted octanol–water partition coefficient (Wildman–Crippen LogP) is -0.688. The third-order valence-corrected chi connectivity index (χ3v) is 2.79. The zero-order valence-electron chi connectivity index (χ0n) is 11.0. The Bertz CT molecular complexity index is 270. The molecule has 5 unspecified atom stereocenters. The molecular formula is C11H20O7. The standard InChI is InChI=1S/C11H20O7/c1-6(12)17-10-9(16-4)8(15-3)7(5-14-2)18-11(10)13/h7-11,13H,5H2,1-4H3. The lowest BCUT2D eigenvalue weighted by Crippen LogP contribution is -2.61. The maximum absolute atomic E-state index is 11.0. The molecule has 0 aromatic rings. The number of aliphatic hydroxyl groups excluding tert-OH is 1. The first-order valence-corrected chi connectivity index (χ1v) is 5.60. The van der Waals surface area contributed by atoms with E-state index in [0.29, 0.717) is 0 Å². The molecule has 1 rings (SSSR count). The average molecular weight is 264 g/mol. The monoisotopic (exact) mass is 264 g/mol. The number of aliphatic hydroxyl groups is 1. The summed E-state index contributed by atoms with van der Waals surface area (Å²) in [4.78, 5) is 11.0. The molecule has 1 aliphatic heterocycles. The molecule has 0 aliphatic carbocycles. The average Bonchev–Trinajstić information content (AvgIpc) is 2.31. The Morgan fingerprint density at radius 3 is 2.22 bits per heavy atom. The molecule has 1 heterocycles. The summed E-state index contributed by atoms with van der Waals surface area (Å²) in [6.45, 7) is 1.49. The second-order valence-electron chi connectivity index (χ2n) is 4.00. The van der Waals surface area contributed by atoms with E-state index in [2.05, 4.69) is 0 Å². The van der Waals surface area contributed by atoms with Gasteiger partial charge in [-0.3, -0.25) is 4.79 Å². The Balaban J connectivity index is 2.85. The summed E-state index contributed by atoms with van der Waals surface area (Å²) in [5, 5.41) is 9.84. The van der Waals surface area contributed by atoms with Gasteiger partial charge in [-0.15, -0.1) is 0 Å². The van der Waals surface area contributed by atoms with Crippen molar-refractivity contribution < 1.29 is 33.6 Å². The van der Waals surface area contributed by atoms with Gasteiger partial charge >= 0.3 is 5.97 Å². The summed E-state index contributed by atoms with van der Waals surface area (Å²) in [5.41, 5.74) is 0. The summed E-state index contributed by atoms with van der Waals surface area (Å²) >= 11 is 0. The number of ether oxygens (including phenoxy) is 5. The number of hydrogen-bond acceptors (Lipinski definition) is 7. The second-order valence-corrected chi connectivity index (χ2v) is 4.00. The maximum Gasteiger partial charge on any atom is 0.303 e. The van der Waals surface area contributed by atoms with Crippen molar-refractivity contribution in [2.75, 3.05) is 27.9 Å². The van der Waals surface area contributed by atoms with Crippen LogP contribution in [-0.2, 0) is 28.5 Å². The number of hydrogen-bond donors (Lipinski definition) is 1. The van der Waals surface area contributed by atoms with Crippen molar-refractivity contribution in [3.05, 3.63) is 0 Å². The molecule has 0 aromatic heterocycles. The molecule has 0 radical (unpaired) electrons. The molecule has 0 aromatic carbocycles. The second kappa shape index (κ2) is 7.01. The molecule has 5 atom stereocenters. The van der Waals surface area contributed by atoms with E-state index >= 15 is 0 Å². The van der Waals surface area contributed by atoms with Crippen molar-refractivity contribution in [1.82, 2.24) is 0 Å². The minimum absolute atomic E-state index is 0.238. The topological polar surface area (TPSA) is 83.5 Å². The van der Waals surface area contributed by atoms with E-state index in [1.54, 1.807) is 0 Å². The Morgan fingerprint density at radius 1 is 1.17 bits per heavy atom. The smallest absolute Gasteiger partial charge is 0.303 e. The fourth-order valence-electron chi connectivity index (χ4n) is 2.06. The van der Waals surface area contributed by atoms with Gasteiger partial charge in [-0.05, 0) is 0 Å². The van der Waals surface area contributed by atoms with Crippen molar-refractivity contribution >= 4 is 5.97 Å². The molecule has 7 nitrogen and oxygen atoms in total. The molecule has 1 fully saturated rings. The van der Waals surface area contributed by atoms with Gasteiger partial charge in [-0.25, -0.2) is 0 Å². The maximum atomic E-state index is 11.0. The SMILES string of the molecule is COCC1OC(O)C(OC(C)=O)C(OC)C1OC. The predicted molar refractivity (Wildman–Crippen MR) is 59.9 cm³/mol. The van der Waals surface area contributed by atoms with Crippen LogP contribution in [0.25, 0.3) is 0 Å². The third-order valence-electron chi connectivity index (χ3n) is 2.79. The van der Waals surface area contributed by atoms with Crippen molar-refractivity contribution in [3.8, 4) is 0 Å². The van der Waals surface area contributed by atoms with Gasteiger partial charge in [0.2, 0.25) is 0 Å². The van der Waals surface area contributed by atoms with Gasteiger partial charge < -0.3 is 28.8 Å². The molecule has 0 amide bonds. The molecule has 1 N–H and O–H groups in total. The molecule has 1 saturated heterocycles. The van der Waals surface area contributed by atoms with E-state index < -0.39 is 36.7 Å². The van der Waals surface area contributed by atoms with E-state index in [0.717, 1.165) is 0 Å². The zero-order valence-corrected chi connectivity index (χ0v) is 11.0. The largest absolute Gasteiger partial charge is 0.454 e. The normalized spacial score (nSPS) is 36.4. The summed E-state index contributed by atoms with van der Waals surface area (Å²) in [6, 6.07) is 0. The van der Waals surface area contributed by atoms with Crippen LogP contribution in [-0.4, -0.2) is 69.7 Å². The third kappa shape index (κ3) is 3.39. The Morgan fingerprint density at radius 2 is 1.78 bits per heavy atom. The highest BCUT2D eigenvalue weighted by Gasteiger charge is 2.47. The first kappa shape index (κ1) is 15.3. The lowest BCUT2D eigenvalue weighted by atomic mass is 9.98. The van der Waals surface area contributed by atoms with Crippen LogP contribution in [0.15, 0.2) is 0 Å². The van der Waals surface area contributed by atoms with Gasteiger partial charge in [-0.1, -0.05) is 0 Å². The quantitative estimate of drug-likeness (QED) is 0.658. The number of carbonyl (C=O) groups excluding carboxylic acids is 1. The van der Waals surface area contributed by atoms with Crippen molar-refractivity contribution in [2.24, 2.45) is 0 Å². The van der Waals surface area contributed by atoms with Crippen LogP contribution in [0.1, 0.15) is 6.92 Å². The van der Waals surface area contributed by atoms with E-state index in [9.17, 15) is 9.90 Å². The lowest BCUT2D eigenvalue weighted by molar-refractivity contribution is -0.298. The summed E-state index contributed by atoms with van der Waals surface area (Å²) in [6.07, 6.45) is -3.81. The van der Waals surface area contributed by atoms with Crippen LogP contribution in [0.5, 0.6) is 0 Å². The van der Waals surface area contributed by atoms with Gasteiger partial charge in [-0.2, -0.15) is 0 Å². The van der Waals surface area contributed by atoms with Crippen molar-refractivity contribution in [2.45, 2.75) is 37.6 Å². The first-order chi connectivity index (χ1) is 8.54. The van der Waals surface area contributed by atoms with Crippen LogP contribution in [0.4, 0.5) is 0 Å². The van der Waals surface area contributed by atoms with E-state index in [-0.39, 0.29) is 6.61 Å². The molecule has 18 heavy (non-hydrogen) atoms. The first-order valence-electron chi connectivity index (χ1n) is 5.60. The molecule has 0 spiro atoms. The number of carbonyl (C=O) groups is 1. The molecule has 1 aliphatic rings. The van der Waals surface area contributed by atoms with Crippen LogP contribution in [0.3, 0.4) is 0 Å². The molecule has 106 valence electrons. The highest BCUT2D eigenvalue weighted by atomic mass is 16.7. The van der Waals surface area contributed by atoms with Gasteiger partial charge in [0.15, 0.2) is 12.4 Å². The summed E-state index contributed by atoms with van der Waals surface area (Å²) < 4.78 is 25.9. The zero-order chi connectivity index (χ0) is 13.7. The van der Waals surface area contributed by atoms with Gasteiger partial charge in [0.05, 0.1) is 6.61 Å². The minimum Gasteiger partial charge on any atom is -0.454 e. The Hall–Kier alpha value is -0.730. The molecule has 0 bridgehead atoms. The van der Waals surface area contributed by atoms with Gasteiger partial charge in [0, 0.05) is 28.3 Å². The Labute approximate surface area is 106 Å². The van der Waals surface area contributed by atoms with E-state index in [1.165, 1.54) is 28.3 Å². The number of esters is 1. The fourth-order valence-corrected chi connectivity index (χ4v) is 2.06. The summed E-state index contributed by atoms with van der Waals surface area (Å²) in [5.74, 6) is -0.523. The molecule has 0 saturated carbocycles. The fraction of sp³-hybridized carbons (Fsp3) is 0.909. The number of methoxy groups -OCH3 is 3. The highest BCUT2D eigenvalue weighted by molar-refractivity contribution is 5.66. The van der Waals surface area contributed by atoms with Crippen LogP contribution in [0.2, 0.25) is 0 Å². The van der Waals surface area contributed by atoms with Crippen LogP contribution in [0, 0.1) is 0 Å². The Kier molecular flexibility index (Phi) is 5.97. The van der Waals surface area contributed by atoms with Crippen LogP contribution >= 0.6 is 0 Å². The van der Waals surface area contributed by atoms with Crippen molar-refractivity contribution in [1.29, 1.82) is 0 Å². The lowest BCUT2D eigenvalue weighted by Gasteiger charge is -2.42. The van der Waals surface area contributed by atoms with Gasteiger partial charge in [0.25, 0.3) is 0 Å². The summed E-state index contributed by atoms with van der Waals surface area (Å²) in [7, 11) is 4.46. The number of rotatable bonds is 5. The van der Waals surface area contributed by atoms with Crippen molar-refractivity contribution in [3.63, 3.8) is 0 Å². The molecule has 7 heteroatoms. The minimum atomic E-state index is -1.27. The van der Waals surface area contributed by atoms with Gasteiger partial charge in [0.1, 0.15) is 18.3 Å². The van der Waals surface area contributed by atoms with E-state index in [1.807, 2.05) is 0 Å².